The van der Waals surface area contributed by atoms with E-state index in [-0.39, 0.29) is 17.0 Å². The maximum absolute atomic E-state index is 11.1. The van der Waals surface area contributed by atoms with Gasteiger partial charge >= 0.3 is 0 Å². The third kappa shape index (κ3) is 2.30. The van der Waals surface area contributed by atoms with E-state index < -0.39 is 4.92 Å². The van der Waals surface area contributed by atoms with Gasteiger partial charge in [0.1, 0.15) is 17.4 Å². The highest BCUT2D eigenvalue weighted by molar-refractivity contribution is 5.81. The van der Waals surface area contributed by atoms with Gasteiger partial charge in [0.05, 0.1) is 4.92 Å². The number of hydrogen-bond donors (Lipinski definition) is 0. The highest BCUT2D eigenvalue weighted by Crippen LogP contribution is 2.26. The fourth-order valence-electron chi connectivity index (χ4n) is 1.98. The summed E-state index contributed by atoms with van der Waals surface area (Å²) in [6.45, 7) is 1.14. The highest BCUT2D eigenvalue weighted by Gasteiger charge is 2.20. The second-order valence-electron chi connectivity index (χ2n) is 4.10. The molecule has 6 heteroatoms. The molecule has 0 spiro atoms. The summed E-state index contributed by atoms with van der Waals surface area (Å²) in [5.41, 5.74) is 0.553. The second kappa shape index (κ2) is 4.84. The minimum absolute atomic E-state index is 0.0526. The van der Waals surface area contributed by atoms with Crippen molar-refractivity contribution in [1.29, 1.82) is 5.26 Å². The molecule has 2 rings (SSSR count). The predicted octanol–water partition coefficient (Wildman–Crippen LogP) is 1.64. The minimum Gasteiger partial charge on any atom is -0.370 e. The first-order chi connectivity index (χ1) is 8.61. The van der Waals surface area contributed by atoms with E-state index in [0.29, 0.717) is 31.6 Å². The van der Waals surface area contributed by atoms with E-state index in [1.165, 1.54) is 12.1 Å². The molecule has 0 aromatic heterocycles. The number of nitrogens with zero attached hydrogens (tertiary/aromatic N) is 3. The minimum atomic E-state index is -0.558. The Morgan fingerprint density at radius 3 is 2.56 bits per heavy atom. The molecule has 1 aliphatic rings. The summed E-state index contributed by atoms with van der Waals surface area (Å²) in [5.74, 6) is 0.217. The van der Waals surface area contributed by atoms with Crippen LogP contribution in [0.4, 0.5) is 11.4 Å². The first-order valence-electron chi connectivity index (χ1n) is 5.57. The molecule has 92 valence electrons. The number of Topliss-reactive ketones (excluding diaryl/α,β-unsaturated/α-hetero) is 1. The maximum atomic E-state index is 11.1. The third-order valence-corrected chi connectivity index (χ3v) is 2.98. The van der Waals surface area contributed by atoms with E-state index >= 15 is 0 Å². The van der Waals surface area contributed by atoms with Gasteiger partial charge in [0.2, 0.25) is 0 Å². The van der Waals surface area contributed by atoms with Gasteiger partial charge in [-0.25, -0.2) is 0 Å². The van der Waals surface area contributed by atoms with Gasteiger partial charge < -0.3 is 4.90 Å². The lowest BCUT2D eigenvalue weighted by molar-refractivity contribution is -0.385. The Balaban J connectivity index is 2.30. The van der Waals surface area contributed by atoms with Gasteiger partial charge in [0.25, 0.3) is 5.69 Å². The van der Waals surface area contributed by atoms with Crippen LogP contribution in [0.15, 0.2) is 18.2 Å². The molecular weight excluding hydrogens is 234 g/mol. The van der Waals surface area contributed by atoms with E-state index in [2.05, 4.69) is 0 Å². The molecule has 0 N–H and O–H groups in total. The van der Waals surface area contributed by atoms with Crippen LogP contribution in [0.25, 0.3) is 0 Å². The summed E-state index contributed by atoms with van der Waals surface area (Å²) in [5, 5.41) is 19.6. The molecule has 0 radical (unpaired) electrons. The van der Waals surface area contributed by atoms with Gasteiger partial charge in [0, 0.05) is 37.7 Å². The molecule has 0 unspecified atom stereocenters. The van der Waals surface area contributed by atoms with E-state index in [4.69, 9.17) is 5.26 Å². The fourth-order valence-corrected chi connectivity index (χ4v) is 1.98. The standard InChI is InChI=1S/C12H11N3O3/c13-8-9-1-2-10(7-12(9)15(17)18)14-5-3-11(16)4-6-14/h1-2,7H,3-6H2. The van der Waals surface area contributed by atoms with Crippen molar-refractivity contribution in [3.8, 4) is 6.07 Å². The van der Waals surface area contributed by atoms with Crippen molar-refractivity contribution in [2.45, 2.75) is 12.8 Å². The molecule has 6 nitrogen and oxygen atoms in total. The summed E-state index contributed by atoms with van der Waals surface area (Å²) in [6.07, 6.45) is 0.932. The monoisotopic (exact) mass is 245 g/mol. The van der Waals surface area contributed by atoms with Crippen molar-refractivity contribution in [2.24, 2.45) is 0 Å². The molecule has 0 saturated carbocycles. The number of carbonyl (C=O) groups is 1. The van der Waals surface area contributed by atoms with Crippen LogP contribution < -0.4 is 4.90 Å². The van der Waals surface area contributed by atoms with Crippen molar-refractivity contribution in [3.63, 3.8) is 0 Å². The van der Waals surface area contributed by atoms with Crippen LogP contribution in [-0.2, 0) is 4.79 Å². The molecule has 0 amide bonds. The first kappa shape index (κ1) is 12.0. The third-order valence-electron chi connectivity index (χ3n) is 2.98. The smallest absolute Gasteiger partial charge is 0.289 e. The second-order valence-corrected chi connectivity index (χ2v) is 4.10. The molecule has 1 saturated heterocycles. The maximum Gasteiger partial charge on any atom is 0.289 e. The van der Waals surface area contributed by atoms with Crippen molar-refractivity contribution in [3.05, 3.63) is 33.9 Å². The molecule has 0 bridgehead atoms. The van der Waals surface area contributed by atoms with Crippen LogP contribution in [0.2, 0.25) is 0 Å². The molecule has 1 aromatic carbocycles. The van der Waals surface area contributed by atoms with E-state index in [1.807, 2.05) is 4.90 Å². The van der Waals surface area contributed by atoms with Crippen molar-refractivity contribution < 1.29 is 9.72 Å². The zero-order valence-electron chi connectivity index (χ0n) is 9.63. The number of carbonyl (C=O) groups excluding carboxylic acids is 1. The van der Waals surface area contributed by atoms with Gasteiger partial charge in [-0.3, -0.25) is 14.9 Å². The van der Waals surface area contributed by atoms with Crippen LogP contribution in [-0.4, -0.2) is 23.8 Å². The van der Waals surface area contributed by atoms with Crippen LogP contribution in [0.1, 0.15) is 18.4 Å². The molecular formula is C12H11N3O3. The number of nitro benzene ring substituents is 1. The topological polar surface area (TPSA) is 87.2 Å². The molecule has 18 heavy (non-hydrogen) atoms. The predicted molar refractivity (Wildman–Crippen MR) is 64.3 cm³/mol. The Bertz CT molecular complexity index is 538. The SMILES string of the molecule is N#Cc1ccc(N2CCC(=O)CC2)cc1[N+](=O)[O-]. The van der Waals surface area contributed by atoms with E-state index in [0.717, 1.165) is 0 Å². The number of ketones is 1. The molecule has 1 heterocycles. The Labute approximate surface area is 104 Å². The van der Waals surface area contributed by atoms with Crippen molar-refractivity contribution in [1.82, 2.24) is 0 Å². The lowest BCUT2D eigenvalue weighted by Gasteiger charge is -2.27. The number of benzene rings is 1. The Kier molecular flexibility index (Phi) is 3.24. The number of anilines is 1. The summed E-state index contributed by atoms with van der Waals surface area (Å²) in [4.78, 5) is 23.4. The van der Waals surface area contributed by atoms with Crippen LogP contribution in [0.5, 0.6) is 0 Å². The fraction of sp³-hybridized carbons (Fsp3) is 0.333. The lowest BCUT2D eigenvalue weighted by atomic mass is 10.1. The highest BCUT2D eigenvalue weighted by atomic mass is 16.6. The Morgan fingerprint density at radius 2 is 2.00 bits per heavy atom. The Morgan fingerprint density at radius 1 is 1.33 bits per heavy atom. The van der Waals surface area contributed by atoms with Crippen molar-refractivity contribution in [2.75, 3.05) is 18.0 Å². The number of hydrogen-bond acceptors (Lipinski definition) is 5. The van der Waals surface area contributed by atoms with Gasteiger partial charge in [-0.1, -0.05) is 0 Å². The average molecular weight is 245 g/mol. The number of rotatable bonds is 2. The van der Waals surface area contributed by atoms with Crippen LogP contribution in [0, 0.1) is 21.4 Å². The largest absolute Gasteiger partial charge is 0.370 e. The van der Waals surface area contributed by atoms with Gasteiger partial charge in [-0.2, -0.15) is 5.26 Å². The van der Waals surface area contributed by atoms with Gasteiger partial charge in [-0.15, -0.1) is 0 Å². The van der Waals surface area contributed by atoms with Crippen LogP contribution in [0.3, 0.4) is 0 Å². The molecule has 1 fully saturated rings. The Hall–Kier alpha value is -2.42. The number of nitriles is 1. The summed E-state index contributed by atoms with van der Waals surface area (Å²) in [6, 6.07) is 6.33. The molecule has 0 atom stereocenters. The molecule has 1 aromatic rings. The van der Waals surface area contributed by atoms with Gasteiger partial charge in [-0.05, 0) is 12.1 Å². The van der Waals surface area contributed by atoms with E-state index in [9.17, 15) is 14.9 Å². The summed E-state index contributed by atoms with van der Waals surface area (Å²) >= 11 is 0. The summed E-state index contributed by atoms with van der Waals surface area (Å²) < 4.78 is 0. The summed E-state index contributed by atoms with van der Waals surface area (Å²) in [7, 11) is 0. The van der Waals surface area contributed by atoms with Crippen LogP contribution >= 0.6 is 0 Å². The average Bonchev–Trinajstić information content (AvgIpc) is 2.39. The lowest BCUT2D eigenvalue weighted by Crippen LogP contribution is -2.33. The number of piperidine rings is 1. The zero-order valence-corrected chi connectivity index (χ0v) is 9.63. The first-order valence-corrected chi connectivity index (χ1v) is 5.57. The molecule has 0 aliphatic carbocycles. The quantitative estimate of drug-likeness (QED) is 0.583. The number of nitro groups is 1. The normalized spacial score (nSPS) is 15.3. The molecule has 1 aliphatic heterocycles. The van der Waals surface area contributed by atoms with Crippen molar-refractivity contribution >= 4 is 17.2 Å². The zero-order chi connectivity index (χ0) is 13.1. The van der Waals surface area contributed by atoms with Gasteiger partial charge in [0.15, 0.2) is 0 Å². The van der Waals surface area contributed by atoms with E-state index in [1.54, 1.807) is 12.1 Å².